The molecule has 4 nitrogen and oxygen atoms in total. The third kappa shape index (κ3) is 4.96. The van der Waals surface area contributed by atoms with Crippen LogP contribution in [-0.2, 0) is 6.18 Å². The number of carbonyl (C=O) groups excluding carboxylic acids is 2. The smallest absolute Gasteiger partial charge is 0.349 e. The summed E-state index contributed by atoms with van der Waals surface area (Å²) in [5, 5.41) is 3.00. The molecule has 1 heterocycles. The quantitative estimate of drug-likeness (QED) is 0.827. The first-order chi connectivity index (χ1) is 13.6. The number of piperidine rings is 1. The fraction of sp³-hybridized carbons (Fsp3) is 0.364. The number of nitrogens with one attached hydrogen (secondary N) is 1. The van der Waals surface area contributed by atoms with E-state index >= 15 is 0 Å². The van der Waals surface area contributed by atoms with Crippen molar-refractivity contribution in [2.75, 3.05) is 13.1 Å². The molecule has 0 aromatic heterocycles. The van der Waals surface area contributed by atoms with Crippen LogP contribution in [0.1, 0.15) is 50.2 Å². The van der Waals surface area contributed by atoms with Crippen molar-refractivity contribution in [2.24, 2.45) is 0 Å². The maximum atomic E-state index is 12.7. The van der Waals surface area contributed by atoms with Crippen LogP contribution in [-0.4, -0.2) is 35.8 Å². The molecule has 0 bridgehead atoms. The topological polar surface area (TPSA) is 49.4 Å². The van der Waals surface area contributed by atoms with E-state index in [9.17, 15) is 22.8 Å². The highest BCUT2D eigenvalue weighted by molar-refractivity contribution is 5.95. The summed E-state index contributed by atoms with van der Waals surface area (Å²) in [5.41, 5.74) is 2.24. The van der Waals surface area contributed by atoms with E-state index < -0.39 is 11.7 Å². The Morgan fingerprint density at radius 2 is 1.52 bits per heavy atom. The van der Waals surface area contributed by atoms with Gasteiger partial charge in [-0.1, -0.05) is 6.07 Å². The molecule has 3 rings (SSSR count). The number of aryl methyl sites for hydroxylation is 2. The van der Waals surface area contributed by atoms with Gasteiger partial charge in [0.05, 0.1) is 5.56 Å². The van der Waals surface area contributed by atoms with Gasteiger partial charge in [0.2, 0.25) is 0 Å². The lowest BCUT2D eigenvalue weighted by molar-refractivity contribution is -0.137. The number of likely N-dealkylation sites (tertiary alicyclic amines) is 1. The Hall–Kier alpha value is -2.83. The maximum absolute atomic E-state index is 12.7. The third-order valence-electron chi connectivity index (χ3n) is 5.35. The summed E-state index contributed by atoms with van der Waals surface area (Å²) in [4.78, 5) is 26.6. The van der Waals surface area contributed by atoms with Gasteiger partial charge < -0.3 is 10.2 Å². The molecule has 0 radical (unpaired) electrons. The first-order valence-corrected chi connectivity index (χ1v) is 9.50. The Morgan fingerprint density at radius 1 is 0.931 bits per heavy atom. The summed E-state index contributed by atoms with van der Waals surface area (Å²) >= 11 is 0. The Labute approximate surface area is 167 Å². The molecule has 1 saturated heterocycles. The fourth-order valence-electron chi connectivity index (χ4n) is 3.36. The van der Waals surface area contributed by atoms with Crippen molar-refractivity contribution in [1.29, 1.82) is 0 Å². The SMILES string of the molecule is Cc1ccc(C(=O)NC2CCN(C(=O)c3ccc(C(F)(F)F)cc3)CC2)cc1C. The van der Waals surface area contributed by atoms with Gasteiger partial charge in [-0.3, -0.25) is 9.59 Å². The largest absolute Gasteiger partial charge is 0.416 e. The minimum Gasteiger partial charge on any atom is -0.349 e. The highest BCUT2D eigenvalue weighted by Crippen LogP contribution is 2.29. The van der Waals surface area contributed by atoms with Gasteiger partial charge in [-0.25, -0.2) is 0 Å². The van der Waals surface area contributed by atoms with Gasteiger partial charge in [-0.05, 0) is 74.2 Å². The monoisotopic (exact) mass is 404 g/mol. The molecule has 0 unspecified atom stereocenters. The highest BCUT2D eigenvalue weighted by Gasteiger charge is 2.31. The number of halogens is 3. The van der Waals surface area contributed by atoms with Crippen LogP contribution < -0.4 is 5.32 Å². The number of hydrogen-bond acceptors (Lipinski definition) is 2. The summed E-state index contributed by atoms with van der Waals surface area (Å²) in [6.07, 6.45) is -3.22. The molecule has 0 saturated carbocycles. The zero-order valence-electron chi connectivity index (χ0n) is 16.3. The van der Waals surface area contributed by atoms with E-state index in [1.54, 1.807) is 11.0 Å². The first kappa shape index (κ1) is 20.9. The zero-order valence-corrected chi connectivity index (χ0v) is 16.3. The lowest BCUT2D eigenvalue weighted by Crippen LogP contribution is -2.46. The summed E-state index contributed by atoms with van der Waals surface area (Å²) < 4.78 is 38.0. The average molecular weight is 404 g/mol. The second-order valence-corrected chi connectivity index (χ2v) is 7.41. The Bertz CT molecular complexity index is 899. The lowest BCUT2D eigenvalue weighted by Gasteiger charge is -2.32. The second kappa shape index (κ2) is 8.27. The highest BCUT2D eigenvalue weighted by atomic mass is 19.4. The normalized spacial score (nSPS) is 15.3. The summed E-state index contributed by atoms with van der Waals surface area (Å²) in [5.74, 6) is -0.432. The minimum atomic E-state index is -4.42. The predicted octanol–water partition coefficient (Wildman–Crippen LogP) is 4.36. The van der Waals surface area contributed by atoms with Crippen molar-refractivity contribution in [3.63, 3.8) is 0 Å². The molecule has 154 valence electrons. The first-order valence-electron chi connectivity index (χ1n) is 9.50. The minimum absolute atomic E-state index is 0.0410. The van der Waals surface area contributed by atoms with Crippen LogP contribution in [0.25, 0.3) is 0 Å². The molecular formula is C22H23F3N2O2. The molecule has 0 spiro atoms. The number of benzene rings is 2. The van der Waals surface area contributed by atoms with E-state index in [1.807, 2.05) is 26.0 Å². The molecule has 2 aromatic rings. The van der Waals surface area contributed by atoms with Crippen LogP contribution in [0, 0.1) is 13.8 Å². The third-order valence-corrected chi connectivity index (χ3v) is 5.35. The molecule has 1 fully saturated rings. The summed E-state index contributed by atoms with van der Waals surface area (Å²) in [6, 6.07) is 9.77. The van der Waals surface area contributed by atoms with Crippen LogP contribution in [0.4, 0.5) is 13.2 Å². The van der Waals surface area contributed by atoms with E-state index in [2.05, 4.69) is 5.32 Å². The lowest BCUT2D eigenvalue weighted by atomic mass is 10.0. The molecule has 29 heavy (non-hydrogen) atoms. The molecule has 1 N–H and O–H groups in total. The van der Waals surface area contributed by atoms with Crippen molar-refractivity contribution in [3.05, 3.63) is 70.3 Å². The molecular weight excluding hydrogens is 381 g/mol. The van der Waals surface area contributed by atoms with Crippen molar-refractivity contribution < 1.29 is 22.8 Å². The number of rotatable bonds is 3. The van der Waals surface area contributed by atoms with Gasteiger partial charge in [0.1, 0.15) is 0 Å². The van der Waals surface area contributed by atoms with Crippen molar-refractivity contribution in [1.82, 2.24) is 10.2 Å². The van der Waals surface area contributed by atoms with Gasteiger partial charge in [0.15, 0.2) is 0 Å². The zero-order chi connectivity index (χ0) is 21.2. The van der Waals surface area contributed by atoms with Crippen LogP contribution in [0.5, 0.6) is 0 Å². The van der Waals surface area contributed by atoms with E-state index in [0.717, 1.165) is 23.3 Å². The van der Waals surface area contributed by atoms with E-state index in [0.29, 0.717) is 31.5 Å². The number of alkyl halides is 3. The van der Waals surface area contributed by atoms with Gasteiger partial charge in [-0.2, -0.15) is 13.2 Å². The Morgan fingerprint density at radius 3 is 2.07 bits per heavy atom. The fourth-order valence-corrected chi connectivity index (χ4v) is 3.36. The van der Waals surface area contributed by atoms with Gasteiger partial charge in [0, 0.05) is 30.3 Å². The summed E-state index contributed by atoms with van der Waals surface area (Å²) in [7, 11) is 0. The van der Waals surface area contributed by atoms with Crippen LogP contribution in [0.2, 0.25) is 0 Å². The predicted molar refractivity (Wildman–Crippen MR) is 104 cm³/mol. The van der Waals surface area contributed by atoms with Crippen LogP contribution >= 0.6 is 0 Å². The number of hydrogen-bond donors (Lipinski definition) is 1. The van der Waals surface area contributed by atoms with E-state index in [-0.39, 0.29) is 23.4 Å². The van der Waals surface area contributed by atoms with Crippen LogP contribution in [0.15, 0.2) is 42.5 Å². The number of carbonyl (C=O) groups is 2. The molecule has 1 aliphatic heterocycles. The molecule has 2 amide bonds. The molecule has 7 heteroatoms. The molecule has 0 atom stereocenters. The van der Waals surface area contributed by atoms with Crippen molar-refractivity contribution in [3.8, 4) is 0 Å². The average Bonchev–Trinajstić information content (AvgIpc) is 2.69. The van der Waals surface area contributed by atoms with E-state index in [4.69, 9.17) is 0 Å². The van der Waals surface area contributed by atoms with Crippen molar-refractivity contribution >= 4 is 11.8 Å². The molecule has 1 aliphatic rings. The van der Waals surface area contributed by atoms with Crippen LogP contribution in [0.3, 0.4) is 0 Å². The standard InChI is InChI=1S/C22H23F3N2O2/c1-14-3-4-17(13-15(14)2)20(28)26-19-9-11-27(12-10-19)21(29)16-5-7-18(8-6-16)22(23,24)25/h3-8,13,19H,9-12H2,1-2H3,(H,26,28). The Balaban J connectivity index is 1.55. The number of amides is 2. The van der Waals surface area contributed by atoms with Gasteiger partial charge in [-0.15, -0.1) is 0 Å². The number of nitrogens with zero attached hydrogens (tertiary/aromatic N) is 1. The van der Waals surface area contributed by atoms with E-state index in [1.165, 1.54) is 12.1 Å². The Kier molecular flexibility index (Phi) is 5.96. The maximum Gasteiger partial charge on any atom is 0.416 e. The van der Waals surface area contributed by atoms with Gasteiger partial charge in [0.25, 0.3) is 11.8 Å². The molecule has 0 aliphatic carbocycles. The van der Waals surface area contributed by atoms with Gasteiger partial charge >= 0.3 is 6.18 Å². The second-order valence-electron chi connectivity index (χ2n) is 7.41. The summed E-state index contributed by atoms with van der Waals surface area (Å²) in [6.45, 7) is 4.83. The molecule has 2 aromatic carbocycles. The van der Waals surface area contributed by atoms with Crippen molar-refractivity contribution in [2.45, 2.75) is 38.9 Å².